The summed E-state index contributed by atoms with van der Waals surface area (Å²) in [5, 5.41) is 11.2. The Balaban J connectivity index is 2.57. The van der Waals surface area contributed by atoms with Crippen molar-refractivity contribution in [2.24, 2.45) is 11.1 Å². The van der Waals surface area contributed by atoms with E-state index in [-0.39, 0.29) is 22.6 Å². The molecule has 1 amide bonds. The fourth-order valence-electron chi connectivity index (χ4n) is 1.87. The van der Waals surface area contributed by atoms with Gasteiger partial charge in [-0.1, -0.05) is 13.8 Å². The summed E-state index contributed by atoms with van der Waals surface area (Å²) in [7, 11) is 0. The molecule has 5 heteroatoms. The van der Waals surface area contributed by atoms with E-state index in [0.29, 0.717) is 19.4 Å². The molecule has 0 radical (unpaired) electrons. The van der Waals surface area contributed by atoms with E-state index in [9.17, 15) is 9.18 Å². The van der Waals surface area contributed by atoms with Crippen molar-refractivity contribution in [1.82, 2.24) is 0 Å². The number of nitrogens with two attached hydrogens (primary N) is 1. The number of benzene rings is 1. The summed E-state index contributed by atoms with van der Waals surface area (Å²) in [5.41, 5.74) is 5.84. The Hall–Kier alpha value is -1.93. The van der Waals surface area contributed by atoms with E-state index in [1.165, 1.54) is 12.1 Å². The van der Waals surface area contributed by atoms with Gasteiger partial charge in [0.2, 0.25) is 5.91 Å². The maximum atomic E-state index is 13.6. The zero-order chi connectivity index (χ0) is 15.2. The molecule has 20 heavy (non-hydrogen) atoms. The Kier molecular flexibility index (Phi) is 5.66. The number of nitrogens with one attached hydrogen (secondary N) is 1. The van der Waals surface area contributed by atoms with Crippen molar-refractivity contribution >= 4 is 11.6 Å². The van der Waals surface area contributed by atoms with Crippen LogP contribution in [0.4, 0.5) is 10.1 Å². The van der Waals surface area contributed by atoms with Crippen LogP contribution in [-0.2, 0) is 4.79 Å². The van der Waals surface area contributed by atoms with Crippen LogP contribution in [0.1, 0.15) is 38.7 Å². The van der Waals surface area contributed by atoms with Crippen molar-refractivity contribution in [2.45, 2.75) is 33.1 Å². The standard InChI is InChI=1S/C15H20FN3O/c1-15(2,7-8-17)6-5-14(20)19-13-4-3-11(10-18)9-12(13)16/h3-4,9H,5-8,17H2,1-2H3,(H,19,20). The molecule has 0 heterocycles. The number of hydrogen-bond acceptors (Lipinski definition) is 3. The lowest BCUT2D eigenvalue weighted by Gasteiger charge is -2.23. The monoisotopic (exact) mass is 277 g/mol. The number of carbonyl (C=O) groups excluding carboxylic acids is 1. The van der Waals surface area contributed by atoms with Gasteiger partial charge in [0.15, 0.2) is 0 Å². The highest BCUT2D eigenvalue weighted by Gasteiger charge is 2.18. The first-order valence-corrected chi connectivity index (χ1v) is 6.57. The number of nitrogens with zero attached hydrogens (tertiary/aromatic N) is 1. The molecule has 0 atom stereocenters. The van der Waals surface area contributed by atoms with Gasteiger partial charge in [-0.05, 0) is 43.0 Å². The SMILES string of the molecule is CC(C)(CCN)CCC(=O)Nc1ccc(C#N)cc1F. The Bertz CT molecular complexity index is 520. The third kappa shape index (κ3) is 4.98. The summed E-state index contributed by atoms with van der Waals surface area (Å²) >= 11 is 0. The van der Waals surface area contributed by atoms with Gasteiger partial charge in [0, 0.05) is 6.42 Å². The highest BCUT2D eigenvalue weighted by Crippen LogP contribution is 2.26. The molecule has 108 valence electrons. The van der Waals surface area contributed by atoms with Crippen molar-refractivity contribution in [2.75, 3.05) is 11.9 Å². The van der Waals surface area contributed by atoms with Crippen LogP contribution in [0.15, 0.2) is 18.2 Å². The lowest BCUT2D eigenvalue weighted by molar-refractivity contribution is -0.116. The van der Waals surface area contributed by atoms with E-state index >= 15 is 0 Å². The van der Waals surface area contributed by atoms with E-state index in [4.69, 9.17) is 11.0 Å². The molecule has 1 rings (SSSR count). The van der Waals surface area contributed by atoms with E-state index < -0.39 is 5.82 Å². The van der Waals surface area contributed by atoms with Gasteiger partial charge in [-0.25, -0.2) is 4.39 Å². The van der Waals surface area contributed by atoms with Gasteiger partial charge < -0.3 is 11.1 Å². The number of hydrogen-bond donors (Lipinski definition) is 2. The van der Waals surface area contributed by atoms with E-state index in [0.717, 1.165) is 12.5 Å². The molecular weight excluding hydrogens is 257 g/mol. The quantitative estimate of drug-likeness (QED) is 0.839. The topological polar surface area (TPSA) is 78.9 Å². The maximum Gasteiger partial charge on any atom is 0.224 e. The Morgan fingerprint density at radius 2 is 2.15 bits per heavy atom. The fourth-order valence-corrected chi connectivity index (χ4v) is 1.87. The van der Waals surface area contributed by atoms with Crippen LogP contribution in [0.2, 0.25) is 0 Å². The molecule has 0 aliphatic heterocycles. The van der Waals surface area contributed by atoms with Crippen LogP contribution >= 0.6 is 0 Å². The van der Waals surface area contributed by atoms with Crippen LogP contribution in [0.5, 0.6) is 0 Å². The minimum atomic E-state index is -0.599. The highest BCUT2D eigenvalue weighted by molar-refractivity contribution is 5.90. The fraction of sp³-hybridized carbons (Fsp3) is 0.467. The van der Waals surface area contributed by atoms with Crippen LogP contribution in [0, 0.1) is 22.6 Å². The summed E-state index contributed by atoms with van der Waals surface area (Å²) in [6.07, 6.45) is 1.84. The second-order valence-electron chi connectivity index (χ2n) is 5.56. The first kappa shape index (κ1) is 16.1. The highest BCUT2D eigenvalue weighted by atomic mass is 19.1. The van der Waals surface area contributed by atoms with E-state index in [2.05, 4.69) is 19.2 Å². The van der Waals surface area contributed by atoms with Crippen molar-refractivity contribution in [3.8, 4) is 6.07 Å². The summed E-state index contributed by atoms with van der Waals surface area (Å²) < 4.78 is 13.6. The number of amides is 1. The van der Waals surface area contributed by atoms with Crippen LogP contribution in [0.3, 0.4) is 0 Å². The normalized spacial score (nSPS) is 10.9. The lowest BCUT2D eigenvalue weighted by Crippen LogP contribution is -2.21. The number of nitriles is 1. The molecule has 0 unspecified atom stereocenters. The molecule has 0 spiro atoms. The predicted octanol–water partition coefficient (Wildman–Crippen LogP) is 2.79. The van der Waals surface area contributed by atoms with Crippen molar-refractivity contribution < 1.29 is 9.18 Å². The van der Waals surface area contributed by atoms with Crippen LogP contribution < -0.4 is 11.1 Å². The smallest absolute Gasteiger partial charge is 0.224 e. The first-order valence-electron chi connectivity index (χ1n) is 6.57. The molecule has 0 aliphatic rings. The van der Waals surface area contributed by atoms with Gasteiger partial charge in [0.1, 0.15) is 5.82 Å². The lowest BCUT2D eigenvalue weighted by atomic mass is 9.84. The molecule has 0 aromatic heterocycles. The number of carbonyl (C=O) groups is 1. The van der Waals surface area contributed by atoms with E-state index in [1.54, 1.807) is 0 Å². The second kappa shape index (κ2) is 7.01. The number of anilines is 1. The zero-order valence-electron chi connectivity index (χ0n) is 11.9. The van der Waals surface area contributed by atoms with Gasteiger partial charge in [-0.3, -0.25) is 4.79 Å². The molecule has 0 saturated carbocycles. The summed E-state index contributed by atoms with van der Waals surface area (Å²) in [6.45, 7) is 4.68. The average molecular weight is 277 g/mol. The third-order valence-electron chi connectivity index (χ3n) is 3.22. The maximum absolute atomic E-state index is 13.6. The molecule has 0 saturated heterocycles. The minimum absolute atomic E-state index is 0.00466. The molecule has 4 nitrogen and oxygen atoms in total. The van der Waals surface area contributed by atoms with E-state index in [1.807, 2.05) is 6.07 Å². The largest absolute Gasteiger partial charge is 0.330 e. The zero-order valence-corrected chi connectivity index (χ0v) is 11.9. The summed E-state index contributed by atoms with van der Waals surface area (Å²) in [6, 6.07) is 5.82. The molecule has 1 aromatic carbocycles. The molecule has 0 bridgehead atoms. The Labute approximate surface area is 118 Å². The Morgan fingerprint density at radius 1 is 1.45 bits per heavy atom. The van der Waals surface area contributed by atoms with Gasteiger partial charge in [-0.2, -0.15) is 5.26 Å². The van der Waals surface area contributed by atoms with Gasteiger partial charge >= 0.3 is 0 Å². The number of halogens is 1. The molecule has 1 aromatic rings. The summed E-state index contributed by atoms with van der Waals surface area (Å²) in [5.74, 6) is -0.836. The predicted molar refractivity (Wildman–Crippen MR) is 76.4 cm³/mol. The first-order chi connectivity index (χ1) is 9.38. The third-order valence-corrected chi connectivity index (χ3v) is 3.22. The summed E-state index contributed by atoms with van der Waals surface area (Å²) in [4.78, 5) is 11.8. The van der Waals surface area contributed by atoms with Gasteiger partial charge in [-0.15, -0.1) is 0 Å². The average Bonchev–Trinajstić information content (AvgIpc) is 2.39. The Morgan fingerprint density at radius 3 is 2.70 bits per heavy atom. The molecule has 3 N–H and O–H groups in total. The van der Waals surface area contributed by atoms with Gasteiger partial charge in [0.25, 0.3) is 0 Å². The van der Waals surface area contributed by atoms with Crippen molar-refractivity contribution in [3.05, 3.63) is 29.6 Å². The van der Waals surface area contributed by atoms with Crippen LogP contribution in [0.25, 0.3) is 0 Å². The molecular formula is C15H20FN3O. The van der Waals surface area contributed by atoms with Gasteiger partial charge in [0.05, 0.1) is 17.3 Å². The van der Waals surface area contributed by atoms with Crippen molar-refractivity contribution in [3.63, 3.8) is 0 Å². The van der Waals surface area contributed by atoms with Crippen LogP contribution in [-0.4, -0.2) is 12.5 Å². The second-order valence-corrected chi connectivity index (χ2v) is 5.56. The number of rotatable bonds is 6. The molecule has 0 fully saturated rings. The minimum Gasteiger partial charge on any atom is -0.330 e. The molecule has 0 aliphatic carbocycles. The van der Waals surface area contributed by atoms with Crippen molar-refractivity contribution in [1.29, 1.82) is 5.26 Å².